The molecule has 0 spiro atoms. The molecular formula is C19H24FN5O. The molecule has 3 rings (SSSR count). The number of aromatic nitrogens is 2. The summed E-state index contributed by atoms with van der Waals surface area (Å²) in [6, 6.07) is 6.06. The largest absolute Gasteiger partial charge is 0.341 e. The molecule has 0 aliphatic carbocycles. The molecule has 6 nitrogen and oxygen atoms in total. The molecule has 26 heavy (non-hydrogen) atoms. The highest BCUT2D eigenvalue weighted by molar-refractivity contribution is 5.89. The molecule has 1 saturated heterocycles. The summed E-state index contributed by atoms with van der Waals surface area (Å²) in [6.07, 6.45) is 3.55. The molecule has 0 unspecified atom stereocenters. The van der Waals surface area contributed by atoms with Crippen LogP contribution in [0.1, 0.15) is 36.2 Å². The normalized spacial score (nSPS) is 14.2. The Hall–Kier alpha value is -2.70. The predicted octanol–water partition coefficient (Wildman–Crippen LogP) is 3.54. The Balaban J connectivity index is 1.60. The summed E-state index contributed by atoms with van der Waals surface area (Å²) in [5, 5.41) is 5.39. The topological polar surface area (TPSA) is 70.2 Å². The van der Waals surface area contributed by atoms with E-state index in [0.717, 1.165) is 43.3 Å². The molecule has 2 heterocycles. The van der Waals surface area contributed by atoms with E-state index in [1.165, 1.54) is 12.5 Å². The molecule has 2 aromatic rings. The van der Waals surface area contributed by atoms with Crippen molar-refractivity contribution in [1.29, 1.82) is 0 Å². The van der Waals surface area contributed by atoms with Crippen LogP contribution in [0.5, 0.6) is 0 Å². The van der Waals surface area contributed by atoms with Gasteiger partial charge in [-0.3, -0.25) is 0 Å². The van der Waals surface area contributed by atoms with Gasteiger partial charge >= 0.3 is 6.03 Å². The molecule has 1 aliphatic rings. The first-order valence-electron chi connectivity index (χ1n) is 8.92. The highest BCUT2D eigenvalue weighted by Crippen LogP contribution is 2.17. The van der Waals surface area contributed by atoms with Gasteiger partial charge in [0.25, 0.3) is 0 Å². The van der Waals surface area contributed by atoms with Crippen LogP contribution in [-0.4, -0.2) is 29.1 Å². The Kier molecular flexibility index (Phi) is 5.65. The fourth-order valence-electron chi connectivity index (χ4n) is 2.96. The Labute approximate surface area is 152 Å². The smallest absolute Gasteiger partial charge is 0.319 e. The molecule has 0 atom stereocenters. The summed E-state index contributed by atoms with van der Waals surface area (Å²) in [7, 11) is 0. The molecule has 0 bridgehead atoms. The van der Waals surface area contributed by atoms with Crippen LogP contribution in [-0.2, 0) is 6.54 Å². The number of aryl methyl sites for hydroxylation is 2. The van der Waals surface area contributed by atoms with Gasteiger partial charge in [-0.1, -0.05) is 6.07 Å². The third kappa shape index (κ3) is 4.68. The van der Waals surface area contributed by atoms with Crippen LogP contribution in [0.3, 0.4) is 0 Å². The molecule has 0 saturated carbocycles. The summed E-state index contributed by atoms with van der Waals surface area (Å²) in [4.78, 5) is 23.3. The number of hydrogen-bond donors (Lipinski definition) is 2. The van der Waals surface area contributed by atoms with E-state index in [-0.39, 0.29) is 12.4 Å². The number of carbonyl (C=O) groups is 1. The third-order valence-electron chi connectivity index (χ3n) is 4.39. The van der Waals surface area contributed by atoms with Crippen LogP contribution < -0.4 is 15.5 Å². The van der Waals surface area contributed by atoms with E-state index >= 15 is 0 Å². The van der Waals surface area contributed by atoms with Crippen LogP contribution in [0.15, 0.2) is 24.3 Å². The van der Waals surface area contributed by atoms with Gasteiger partial charge in [0, 0.05) is 24.5 Å². The fraction of sp³-hybridized carbons (Fsp3) is 0.421. The quantitative estimate of drug-likeness (QED) is 0.878. The van der Waals surface area contributed by atoms with Gasteiger partial charge in [-0.2, -0.15) is 0 Å². The summed E-state index contributed by atoms with van der Waals surface area (Å²) in [5.74, 6) is 0.378. The Bertz CT molecular complexity index is 789. The Morgan fingerprint density at radius 3 is 2.65 bits per heavy atom. The van der Waals surface area contributed by atoms with E-state index in [1.807, 2.05) is 13.0 Å². The Morgan fingerprint density at radius 1 is 1.15 bits per heavy atom. The fourth-order valence-corrected chi connectivity index (χ4v) is 2.96. The number of rotatable bonds is 4. The second kappa shape index (κ2) is 8.12. The van der Waals surface area contributed by atoms with Crippen LogP contribution >= 0.6 is 0 Å². The van der Waals surface area contributed by atoms with Crippen molar-refractivity contribution in [3.63, 3.8) is 0 Å². The number of piperidine rings is 1. The standard InChI is InChI=1S/C19H24FN5O/c1-13-6-7-15(11-17(13)20)24-19(26)21-12-16-10-14(2)22-18(23-16)25-8-4-3-5-9-25/h6-7,10-11H,3-5,8-9,12H2,1-2H3,(H2,21,24,26). The van der Waals surface area contributed by atoms with Crippen molar-refractivity contribution < 1.29 is 9.18 Å². The lowest BCUT2D eigenvalue weighted by molar-refractivity contribution is 0.251. The van der Waals surface area contributed by atoms with Crippen molar-refractivity contribution in [2.75, 3.05) is 23.3 Å². The van der Waals surface area contributed by atoms with Gasteiger partial charge in [0.15, 0.2) is 0 Å². The van der Waals surface area contributed by atoms with E-state index in [1.54, 1.807) is 19.1 Å². The van der Waals surface area contributed by atoms with Crippen molar-refractivity contribution in [3.05, 3.63) is 47.0 Å². The summed E-state index contributed by atoms with van der Waals surface area (Å²) in [6.45, 7) is 5.82. The van der Waals surface area contributed by atoms with Crippen LogP contribution in [0.2, 0.25) is 0 Å². The first-order valence-corrected chi connectivity index (χ1v) is 8.92. The third-order valence-corrected chi connectivity index (χ3v) is 4.39. The highest BCUT2D eigenvalue weighted by Gasteiger charge is 2.15. The van der Waals surface area contributed by atoms with Crippen molar-refractivity contribution >= 4 is 17.7 Å². The van der Waals surface area contributed by atoms with E-state index in [0.29, 0.717) is 11.3 Å². The molecule has 138 valence electrons. The minimum Gasteiger partial charge on any atom is -0.341 e. The number of urea groups is 1. The minimum absolute atomic E-state index is 0.282. The maximum Gasteiger partial charge on any atom is 0.319 e. The number of nitrogens with zero attached hydrogens (tertiary/aromatic N) is 3. The highest BCUT2D eigenvalue weighted by atomic mass is 19.1. The Morgan fingerprint density at radius 2 is 1.92 bits per heavy atom. The van der Waals surface area contributed by atoms with Gasteiger partial charge in [0.2, 0.25) is 5.95 Å². The summed E-state index contributed by atoms with van der Waals surface area (Å²) < 4.78 is 13.6. The van der Waals surface area contributed by atoms with Gasteiger partial charge in [-0.25, -0.2) is 19.2 Å². The molecule has 7 heteroatoms. The van der Waals surface area contributed by atoms with Crippen molar-refractivity contribution in [2.45, 2.75) is 39.7 Å². The molecule has 2 N–H and O–H groups in total. The average molecular weight is 357 g/mol. The van der Waals surface area contributed by atoms with Gasteiger partial charge in [-0.15, -0.1) is 0 Å². The van der Waals surface area contributed by atoms with Gasteiger partial charge in [0.05, 0.1) is 12.2 Å². The summed E-state index contributed by atoms with van der Waals surface area (Å²) in [5.41, 5.74) is 2.58. The number of benzene rings is 1. The lowest BCUT2D eigenvalue weighted by Gasteiger charge is -2.27. The second-order valence-corrected chi connectivity index (χ2v) is 6.62. The van der Waals surface area contributed by atoms with Crippen molar-refractivity contribution in [1.82, 2.24) is 15.3 Å². The first kappa shape index (κ1) is 18.1. The summed E-state index contributed by atoms with van der Waals surface area (Å²) >= 11 is 0. The van der Waals surface area contributed by atoms with Crippen molar-refractivity contribution in [3.8, 4) is 0 Å². The molecule has 2 amide bonds. The maximum atomic E-state index is 13.6. The van der Waals surface area contributed by atoms with Gasteiger partial charge < -0.3 is 15.5 Å². The molecular weight excluding hydrogens is 333 g/mol. The first-order chi connectivity index (χ1) is 12.5. The molecule has 1 aromatic carbocycles. The molecule has 0 radical (unpaired) electrons. The van der Waals surface area contributed by atoms with E-state index in [4.69, 9.17) is 0 Å². The molecule has 1 fully saturated rings. The zero-order valence-corrected chi connectivity index (χ0v) is 15.2. The van der Waals surface area contributed by atoms with E-state index < -0.39 is 6.03 Å². The van der Waals surface area contributed by atoms with Crippen molar-refractivity contribution in [2.24, 2.45) is 0 Å². The zero-order chi connectivity index (χ0) is 18.5. The number of anilines is 2. The zero-order valence-electron chi connectivity index (χ0n) is 15.2. The SMILES string of the molecule is Cc1cc(CNC(=O)Nc2ccc(C)c(F)c2)nc(N2CCCCC2)n1. The van der Waals surface area contributed by atoms with Crippen LogP contribution in [0.25, 0.3) is 0 Å². The number of halogens is 1. The number of nitrogens with one attached hydrogen (secondary N) is 2. The van der Waals surface area contributed by atoms with Gasteiger partial charge in [0.1, 0.15) is 5.82 Å². The molecule has 1 aromatic heterocycles. The van der Waals surface area contributed by atoms with Gasteiger partial charge in [-0.05, 0) is 56.9 Å². The minimum atomic E-state index is -0.399. The van der Waals surface area contributed by atoms with Crippen LogP contribution in [0.4, 0.5) is 20.8 Å². The molecule has 1 aliphatic heterocycles. The van der Waals surface area contributed by atoms with E-state index in [2.05, 4.69) is 25.5 Å². The lowest BCUT2D eigenvalue weighted by atomic mass is 10.1. The van der Waals surface area contributed by atoms with Crippen LogP contribution in [0, 0.1) is 19.7 Å². The second-order valence-electron chi connectivity index (χ2n) is 6.62. The number of hydrogen-bond acceptors (Lipinski definition) is 4. The monoisotopic (exact) mass is 357 g/mol. The predicted molar refractivity (Wildman–Crippen MR) is 99.8 cm³/mol. The average Bonchev–Trinajstić information content (AvgIpc) is 2.63. The number of amides is 2. The lowest BCUT2D eigenvalue weighted by Crippen LogP contribution is -2.32. The number of carbonyl (C=O) groups excluding carboxylic acids is 1. The van der Waals surface area contributed by atoms with E-state index in [9.17, 15) is 9.18 Å². The maximum absolute atomic E-state index is 13.6.